The topological polar surface area (TPSA) is 56.5 Å². The highest BCUT2D eigenvalue weighted by molar-refractivity contribution is 6.29. The molecule has 0 aliphatic heterocycles. The van der Waals surface area contributed by atoms with Crippen molar-refractivity contribution in [3.63, 3.8) is 0 Å². The van der Waals surface area contributed by atoms with Crippen molar-refractivity contribution in [3.05, 3.63) is 29.2 Å². The Bertz CT molecular complexity index is 553. The van der Waals surface area contributed by atoms with Gasteiger partial charge in [-0.15, -0.1) is 0 Å². The highest BCUT2D eigenvalue weighted by atomic mass is 35.5. The van der Waals surface area contributed by atoms with Crippen LogP contribution >= 0.6 is 11.6 Å². The molecule has 2 aromatic rings. The van der Waals surface area contributed by atoms with Crippen LogP contribution in [0.2, 0.25) is 5.15 Å². The standard InChI is InChI=1S/C11H12ClN3O2/c1-3-17-11(16)7(2)8-6-9(12)14-10-4-5-13-15(8)10/h4-7H,3H2,1-2H3. The molecule has 2 heterocycles. The maximum Gasteiger partial charge on any atom is 0.314 e. The number of carbonyl (C=O) groups is 1. The lowest BCUT2D eigenvalue weighted by Crippen LogP contribution is -2.16. The van der Waals surface area contributed by atoms with Crippen LogP contribution in [0.15, 0.2) is 18.3 Å². The van der Waals surface area contributed by atoms with Gasteiger partial charge < -0.3 is 4.74 Å². The van der Waals surface area contributed by atoms with Gasteiger partial charge in [0.2, 0.25) is 0 Å². The van der Waals surface area contributed by atoms with E-state index in [9.17, 15) is 4.79 Å². The number of rotatable bonds is 3. The van der Waals surface area contributed by atoms with Crippen molar-refractivity contribution in [2.45, 2.75) is 19.8 Å². The molecule has 1 unspecified atom stereocenters. The van der Waals surface area contributed by atoms with Gasteiger partial charge in [0, 0.05) is 6.07 Å². The summed E-state index contributed by atoms with van der Waals surface area (Å²) >= 11 is 5.90. The van der Waals surface area contributed by atoms with Crippen molar-refractivity contribution in [3.8, 4) is 0 Å². The average Bonchev–Trinajstić information content (AvgIpc) is 2.75. The highest BCUT2D eigenvalue weighted by Gasteiger charge is 2.20. The second-order valence-corrected chi connectivity index (χ2v) is 3.97. The minimum atomic E-state index is -0.433. The summed E-state index contributed by atoms with van der Waals surface area (Å²) in [5, 5.41) is 4.45. The quantitative estimate of drug-likeness (QED) is 0.621. The van der Waals surface area contributed by atoms with Crippen LogP contribution in [-0.4, -0.2) is 27.2 Å². The third-order valence-corrected chi connectivity index (χ3v) is 2.63. The number of hydrogen-bond donors (Lipinski definition) is 0. The Morgan fingerprint density at radius 2 is 2.41 bits per heavy atom. The van der Waals surface area contributed by atoms with Crippen LogP contribution in [0.3, 0.4) is 0 Å². The van der Waals surface area contributed by atoms with Crippen LogP contribution < -0.4 is 0 Å². The molecular weight excluding hydrogens is 242 g/mol. The lowest BCUT2D eigenvalue weighted by molar-refractivity contribution is -0.144. The molecule has 2 rings (SSSR count). The molecule has 0 aliphatic carbocycles. The Kier molecular flexibility index (Phi) is 3.28. The molecule has 0 radical (unpaired) electrons. The van der Waals surface area contributed by atoms with E-state index in [1.54, 1.807) is 36.7 Å². The number of aromatic nitrogens is 3. The van der Waals surface area contributed by atoms with Gasteiger partial charge in [0.1, 0.15) is 5.15 Å². The zero-order valence-electron chi connectivity index (χ0n) is 9.55. The number of hydrogen-bond acceptors (Lipinski definition) is 4. The molecule has 0 aliphatic rings. The van der Waals surface area contributed by atoms with Crippen LogP contribution in [0.25, 0.3) is 5.65 Å². The fraction of sp³-hybridized carbons (Fsp3) is 0.364. The van der Waals surface area contributed by atoms with Crippen molar-refractivity contribution in [1.29, 1.82) is 0 Å². The largest absolute Gasteiger partial charge is 0.465 e. The number of nitrogens with zero attached hydrogens (tertiary/aromatic N) is 3. The van der Waals surface area contributed by atoms with Crippen LogP contribution in [0.5, 0.6) is 0 Å². The van der Waals surface area contributed by atoms with Gasteiger partial charge in [-0.2, -0.15) is 5.10 Å². The number of fused-ring (bicyclic) bond motifs is 1. The van der Waals surface area contributed by atoms with Gasteiger partial charge in [0.25, 0.3) is 0 Å². The summed E-state index contributed by atoms with van der Waals surface area (Å²) in [5.41, 5.74) is 1.28. The Morgan fingerprint density at radius 1 is 1.65 bits per heavy atom. The molecular formula is C11H12ClN3O2. The van der Waals surface area contributed by atoms with E-state index in [1.807, 2.05) is 0 Å². The van der Waals surface area contributed by atoms with Gasteiger partial charge in [-0.1, -0.05) is 11.6 Å². The van der Waals surface area contributed by atoms with E-state index < -0.39 is 5.92 Å². The molecule has 0 spiro atoms. The first-order valence-electron chi connectivity index (χ1n) is 5.30. The zero-order chi connectivity index (χ0) is 12.4. The molecule has 6 heteroatoms. The molecule has 90 valence electrons. The smallest absolute Gasteiger partial charge is 0.314 e. The molecule has 17 heavy (non-hydrogen) atoms. The first-order valence-corrected chi connectivity index (χ1v) is 5.68. The second kappa shape index (κ2) is 4.71. The SMILES string of the molecule is CCOC(=O)C(C)c1cc(Cl)nc2ccnn12. The van der Waals surface area contributed by atoms with E-state index in [0.29, 0.717) is 23.1 Å². The van der Waals surface area contributed by atoms with Gasteiger partial charge in [-0.05, 0) is 19.9 Å². The zero-order valence-corrected chi connectivity index (χ0v) is 10.3. The number of ether oxygens (including phenoxy) is 1. The highest BCUT2D eigenvalue weighted by Crippen LogP contribution is 2.20. The second-order valence-electron chi connectivity index (χ2n) is 3.58. The molecule has 5 nitrogen and oxygen atoms in total. The van der Waals surface area contributed by atoms with Gasteiger partial charge in [0.15, 0.2) is 5.65 Å². The summed E-state index contributed by atoms with van der Waals surface area (Å²) in [6.07, 6.45) is 1.61. The van der Waals surface area contributed by atoms with E-state index >= 15 is 0 Å². The Labute approximate surface area is 103 Å². The van der Waals surface area contributed by atoms with Gasteiger partial charge >= 0.3 is 5.97 Å². The lowest BCUT2D eigenvalue weighted by Gasteiger charge is -2.12. The minimum absolute atomic E-state index is 0.299. The maximum atomic E-state index is 11.7. The Morgan fingerprint density at radius 3 is 3.12 bits per heavy atom. The predicted octanol–water partition coefficient (Wildman–Crippen LogP) is 2.05. The van der Waals surface area contributed by atoms with Crippen molar-refractivity contribution in [2.75, 3.05) is 6.61 Å². The number of esters is 1. The van der Waals surface area contributed by atoms with Crippen molar-refractivity contribution in [1.82, 2.24) is 14.6 Å². The lowest BCUT2D eigenvalue weighted by atomic mass is 10.1. The first kappa shape index (κ1) is 11.9. The average molecular weight is 254 g/mol. The molecule has 0 fully saturated rings. The molecule has 0 bridgehead atoms. The van der Waals surface area contributed by atoms with Gasteiger partial charge in [-0.25, -0.2) is 9.50 Å². The van der Waals surface area contributed by atoms with Gasteiger partial charge in [-0.3, -0.25) is 4.79 Å². The van der Waals surface area contributed by atoms with Crippen molar-refractivity contribution >= 4 is 23.2 Å². The van der Waals surface area contributed by atoms with Crippen LogP contribution in [0.4, 0.5) is 0 Å². The monoisotopic (exact) mass is 253 g/mol. The normalized spacial score (nSPS) is 12.6. The maximum absolute atomic E-state index is 11.7. The molecule has 0 N–H and O–H groups in total. The molecule has 0 aromatic carbocycles. The van der Waals surface area contributed by atoms with Crippen LogP contribution in [0.1, 0.15) is 25.5 Å². The number of halogens is 1. The third-order valence-electron chi connectivity index (χ3n) is 2.44. The van der Waals surface area contributed by atoms with E-state index in [1.165, 1.54) is 0 Å². The fourth-order valence-corrected chi connectivity index (χ4v) is 1.80. The summed E-state index contributed by atoms with van der Waals surface area (Å²) in [6.45, 7) is 3.88. The van der Waals surface area contributed by atoms with Crippen LogP contribution in [-0.2, 0) is 9.53 Å². The molecule has 0 saturated heterocycles. The van der Waals surface area contributed by atoms with E-state index in [4.69, 9.17) is 16.3 Å². The fourth-order valence-electron chi connectivity index (χ4n) is 1.60. The summed E-state index contributed by atoms with van der Waals surface area (Å²) in [4.78, 5) is 15.8. The van der Waals surface area contributed by atoms with Crippen molar-refractivity contribution in [2.24, 2.45) is 0 Å². The van der Waals surface area contributed by atoms with Crippen molar-refractivity contribution < 1.29 is 9.53 Å². The van der Waals surface area contributed by atoms with E-state index in [-0.39, 0.29) is 5.97 Å². The summed E-state index contributed by atoms with van der Waals surface area (Å²) in [5.74, 6) is -0.732. The summed E-state index contributed by atoms with van der Waals surface area (Å²) < 4.78 is 6.57. The number of carbonyl (C=O) groups excluding carboxylic acids is 1. The molecule has 2 aromatic heterocycles. The molecule has 0 saturated carbocycles. The molecule has 0 amide bonds. The van der Waals surface area contributed by atoms with Gasteiger partial charge in [0.05, 0.1) is 24.4 Å². The Balaban J connectivity index is 2.46. The Hall–Kier alpha value is -1.62. The predicted molar refractivity (Wildman–Crippen MR) is 63.0 cm³/mol. The summed E-state index contributed by atoms with van der Waals surface area (Å²) in [7, 11) is 0. The molecule has 1 atom stereocenters. The summed E-state index contributed by atoms with van der Waals surface area (Å²) in [6, 6.07) is 3.36. The minimum Gasteiger partial charge on any atom is -0.465 e. The van der Waals surface area contributed by atoms with E-state index in [2.05, 4.69) is 10.1 Å². The first-order chi connectivity index (χ1) is 8.13. The van der Waals surface area contributed by atoms with Crippen LogP contribution in [0, 0.1) is 0 Å². The van der Waals surface area contributed by atoms with E-state index in [0.717, 1.165) is 0 Å². The third kappa shape index (κ3) is 2.24.